The largest absolute Gasteiger partial charge is 0.379 e. The van der Waals surface area contributed by atoms with E-state index in [9.17, 15) is 0 Å². The van der Waals surface area contributed by atoms with Crippen molar-refractivity contribution in [2.24, 2.45) is 0 Å². The van der Waals surface area contributed by atoms with Crippen LogP contribution >= 0.6 is 0 Å². The number of morpholine rings is 1. The van der Waals surface area contributed by atoms with Crippen molar-refractivity contribution >= 4 is 0 Å². The molecule has 1 aliphatic rings. The van der Waals surface area contributed by atoms with E-state index in [1.807, 2.05) is 0 Å². The van der Waals surface area contributed by atoms with Gasteiger partial charge in [-0.25, -0.2) is 0 Å². The van der Waals surface area contributed by atoms with E-state index < -0.39 is 0 Å². The lowest BCUT2D eigenvalue weighted by Gasteiger charge is -2.36. The summed E-state index contributed by atoms with van der Waals surface area (Å²) in [6.45, 7) is 12.5. The van der Waals surface area contributed by atoms with Crippen molar-refractivity contribution < 1.29 is 9.47 Å². The highest BCUT2D eigenvalue weighted by molar-refractivity contribution is 4.74. The normalized spacial score (nSPS) is 28.6. The minimum absolute atomic E-state index is 0.353. The third kappa shape index (κ3) is 4.96. The Morgan fingerprint density at radius 3 is 2.80 bits per heavy atom. The molecule has 0 bridgehead atoms. The quantitative estimate of drug-likeness (QED) is 0.654. The van der Waals surface area contributed by atoms with Gasteiger partial charge in [-0.05, 0) is 34.1 Å². The second kappa shape index (κ2) is 6.46. The van der Waals surface area contributed by atoms with Gasteiger partial charge in [0.2, 0.25) is 0 Å². The first-order valence-corrected chi connectivity index (χ1v) is 6.07. The van der Waals surface area contributed by atoms with Crippen LogP contribution in [0.25, 0.3) is 0 Å². The minimum Gasteiger partial charge on any atom is -0.379 e. The van der Waals surface area contributed by atoms with E-state index in [-0.39, 0.29) is 0 Å². The number of ether oxygens (including phenoxy) is 2. The summed E-state index contributed by atoms with van der Waals surface area (Å²) in [5, 5.41) is 0. The molecule has 0 aromatic heterocycles. The van der Waals surface area contributed by atoms with E-state index in [2.05, 4.69) is 32.6 Å². The average molecular weight is 215 g/mol. The van der Waals surface area contributed by atoms with Crippen LogP contribution < -0.4 is 0 Å². The van der Waals surface area contributed by atoms with Gasteiger partial charge in [-0.1, -0.05) is 0 Å². The Balaban J connectivity index is 2.13. The first-order chi connectivity index (χ1) is 7.09. The molecule has 2 unspecified atom stereocenters. The Kier molecular flexibility index (Phi) is 5.58. The highest BCUT2D eigenvalue weighted by Gasteiger charge is 2.22. The first kappa shape index (κ1) is 12.9. The standard InChI is InChI=1S/C12H25NO2/c1-10(2)14-7-5-6-13-8-12(4)15-9-11(13)3/h10-12H,5-9H2,1-4H3. The molecule has 3 nitrogen and oxygen atoms in total. The van der Waals surface area contributed by atoms with Crippen molar-refractivity contribution in [2.75, 3.05) is 26.3 Å². The maximum Gasteiger partial charge on any atom is 0.0674 e. The van der Waals surface area contributed by atoms with Gasteiger partial charge in [-0.2, -0.15) is 0 Å². The number of hydrogen-bond acceptors (Lipinski definition) is 3. The molecule has 0 saturated carbocycles. The Bertz CT molecular complexity index is 173. The fourth-order valence-electron chi connectivity index (χ4n) is 1.87. The lowest BCUT2D eigenvalue weighted by Crippen LogP contribution is -2.47. The van der Waals surface area contributed by atoms with Crippen LogP contribution in [0.15, 0.2) is 0 Å². The molecule has 1 saturated heterocycles. The molecule has 0 spiro atoms. The molecule has 0 amide bonds. The van der Waals surface area contributed by atoms with Crippen molar-refractivity contribution in [3.8, 4) is 0 Å². The van der Waals surface area contributed by atoms with E-state index in [0.29, 0.717) is 18.2 Å². The molecular weight excluding hydrogens is 190 g/mol. The van der Waals surface area contributed by atoms with Crippen molar-refractivity contribution in [3.05, 3.63) is 0 Å². The van der Waals surface area contributed by atoms with Gasteiger partial charge in [0, 0.05) is 25.7 Å². The van der Waals surface area contributed by atoms with Crippen LogP contribution in [0.2, 0.25) is 0 Å². The fourth-order valence-corrected chi connectivity index (χ4v) is 1.87. The predicted molar refractivity (Wildman–Crippen MR) is 62.2 cm³/mol. The third-order valence-electron chi connectivity index (χ3n) is 2.78. The lowest BCUT2D eigenvalue weighted by atomic mass is 10.2. The van der Waals surface area contributed by atoms with Gasteiger partial charge in [0.1, 0.15) is 0 Å². The van der Waals surface area contributed by atoms with E-state index in [0.717, 1.165) is 32.7 Å². The highest BCUT2D eigenvalue weighted by Crippen LogP contribution is 2.11. The molecule has 1 rings (SSSR count). The molecule has 0 aliphatic carbocycles. The van der Waals surface area contributed by atoms with Crippen molar-refractivity contribution in [3.63, 3.8) is 0 Å². The molecule has 1 aliphatic heterocycles. The second-order valence-electron chi connectivity index (χ2n) is 4.76. The Labute approximate surface area is 93.7 Å². The summed E-state index contributed by atoms with van der Waals surface area (Å²) in [7, 11) is 0. The van der Waals surface area contributed by atoms with Gasteiger partial charge in [0.15, 0.2) is 0 Å². The SMILES string of the molecule is CC(C)OCCCN1CC(C)OCC1C. The zero-order valence-electron chi connectivity index (χ0n) is 10.5. The van der Waals surface area contributed by atoms with Crippen LogP contribution in [0.3, 0.4) is 0 Å². The molecule has 1 heterocycles. The van der Waals surface area contributed by atoms with Crippen LogP contribution in [0.4, 0.5) is 0 Å². The summed E-state index contributed by atoms with van der Waals surface area (Å²) in [6, 6.07) is 0.556. The summed E-state index contributed by atoms with van der Waals surface area (Å²) in [5.41, 5.74) is 0. The predicted octanol–water partition coefficient (Wildman–Crippen LogP) is 1.91. The van der Waals surface area contributed by atoms with Gasteiger partial charge in [0.25, 0.3) is 0 Å². The molecular formula is C12H25NO2. The summed E-state index contributed by atoms with van der Waals surface area (Å²) >= 11 is 0. The van der Waals surface area contributed by atoms with Gasteiger partial charge in [-0.15, -0.1) is 0 Å². The zero-order chi connectivity index (χ0) is 11.3. The Morgan fingerprint density at radius 1 is 1.40 bits per heavy atom. The van der Waals surface area contributed by atoms with Crippen LogP contribution in [-0.2, 0) is 9.47 Å². The number of hydrogen-bond donors (Lipinski definition) is 0. The van der Waals surface area contributed by atoms with E-state index in [1.165, 1.54) is 0 Å². The monoisotopic (exact) mass is 215 g/mol. The molecule has 90 valence electrons. The molecule has 0 aromatic carbocycles. The van der Waals surface area contributed by atoms with Crippen LogP contribution in [0.5, 0.6) is 0 Å². The van der Waals surface area contributed by atoms with Crippen molar-refractivity contribution in [2.45, 2.75) is 52.4 Å². The highest BCUT2D eigenvalue weighted by atomic mass is 16.5. The van der Waals surface area contributed by atoms with Crippen LogP contribution in [0.1, 0.15) is 34.1 Å². The van der Waals surface area contributed by atoms with E-state index >= 15 is 0 Å². The van der Waals surface area contributed by atoms with Crippen molar-refractivity contribution in [1.29, 1.82) is 0 Å². The van der Waals surface area contributed by atoms with Crippen molar-refractivity contribution in [1.82, 2.24) is 4.90 Å². The Hall–Kier alpha value is -0.120. The molecule has 3 heteroatoms. The average Bonchev–Trinajstić information content (AvgIpc) is 2.17. The summed E-state index contributed by atoms with van der Waals surface area (Å²) < 4.78 is 11.1. The summed E-state index contributed by atoms with van der Waals surface area (Å²) in [5.74, 6) is 0. The third-order valence-corrected chi connectivity index (χ3v) is 2.78. The fraction of sp³-hybridized carbons (Fsp3) is 1.00. The van der Waals surface area contributed by atoms with Gasteiger partial charge in [-0.3, -0.25) is 4.90 Å². The van der Waals surface area contributed by atoms with Gasteiger partial charge in [0.05, 0.1) is 18.8 Å². The van der Waals surface area contributed by atoms with E-state index in [1.54, 1.807) is 0 Å². The molecule has 2 atom stereocenters. The molecule has 0 radical (unpaired) electrons. The summed E-state index contributed by atoms with van der Waals surface area (Å²) in [6.07, 6.45) is 1.85. The smallest absolute Gasteiger partial charge is 0.0674 e. The minimum atomic E-state index is 0.353. The molecule has 0 N–H and O–H groups in total. The van der Waals surface area contributed by atoms with Crippen LogP contribution in [-0.4, -0.2) is 49.5 Å². The number of rotatable bonds is 5. The first-order valence-electron chi connectivity index (χ1n) is 6.07. The lowest BCUT2D eigenvalue weighted by molar-refractivity contribution is -0.0523. The summed E-state index contributed by atoms with van der Waals surface area (Å²) in [4.78, 5) is 2.50. The molecule has 1 fully saturated rings. The Morgan fingerprint density at radius 2 is 2.13 bits per heavy atom. The second-order valence-corrected chi connectivity index (χ2v) is 4.76. The zero-order valence-corrected chi connectivity index (χ0v) is 10.5. The van der Waals surface area contributed by atoms with Gasteiger partial charge >= 0.3 is 0 Å². The number of nitrogens with zero attached hydrogens (tertiary/aromatic N) is 1. The maximum atomic E-state index is 5.59. The topological polar surface area (TPSA) is 21.7 Å². The van der Waals surface area contributed by atoms with Gasteiger partial charge < -0.3 is 9.47 Å². The van der Waals surface area contributed by atoms with Crippen LogP contribution in [0, 0.1) is 0 Å². The molecule has 15 heavy (non-hydrogen) atoms. The molecule has 0 aromatic rings. The van der Waals surface area contributed by atoms with E-state index in [4.69, 9.17) is 9.47 Å². The maximum absolute atomic E-state index is 5.59.